The first kappa shape index (κ1) is 14.8. The van der Waals surface area contributed by atoms with Crippen LogP contribution < -0.4 is 10.6 Å². The summed E-state index contributed by atoms with van der Waals surface area (Å²) in [7, 11) is 0. The first-order chi connectivity index (χ1) is 9.45. The number of benzene rings is 1. The molecular weight excluding hydrogens is 280 g/mol. The van der Waals surface area contributed by atoms with Crippen molar-refractivity contribution in [2.24, 2.45) is 5.73 Å². The Labute approximate surface area is 122 Å². The van der Waals surface area contributed by atoms with Crippen molar-refractivity contribution < 1.29 is 14.7 Å². The second kappa shape index (κ2) is 5.81. The van der Waals surface area contributed by atoms with E-state index in [2.05, 4.69) is 0 Å². The highest BCUT2D eigenvalue weighted by molar-refractivity contribution is 6.30. The lowest BCUT2D eigenvalue weighted by Crippen LogP contribution is -2.50. The van der Waals surface area contributed by atoms with Crippen LogP contribution in [0.25, 0.3) is 0 Å². The number of carboxylic acid groups (broad SMARTS) is 1. The van der Waals surface area contributed by atoms with Crippen molar-refractivity contribution in [1.82, 2.24) is 0 Å². The van der Waals surface area contributed by atoms with Gasteiger partial charge in [-0.2, -0.15) is 0 Å². The number of carbonyl (C=O) groups is 2. The van der Waals surface area contributed by atoms with Gasteiger partial charge in [-0.3, -0.25) is 9.69 Å². The van der Waals surface area contributed by atoms with Crippen LogP contribution in [-0.2, 0) is 16.0 Å². The summed E-state index contributed by atoms with van der Waals surface area (Å²) in [6, 6.07) is 3.45. The number of nitrogens with two attached hydrogens (primary N) is 1. The van der Waals surface area contributed by atoms with Crippen LogP contribution in [0.2, 0.25) is 5.02 Å². The number of rotatable bonds is 4. The molecule has 0 unspecified atom stereocenters. The van der Waals surface area contributed by atoms with Crippen molar-refractivity contribution in [1.29, 1.82) is 0 Å². The smallest absolute Gasteiger partial charge is 0.327 e. The van der Waals surface area contributed by atoms with Crippen LogP contribution in [-0.4, -0.2) is 29.1 Å². The Morgan fingerprint density at radius 3 is 2.85 bits per heavy atom. The first-order valence-corrected chi connectivity index (χ1v) is 6.93. The zero-order valence-electron chi connectivity index (χ0n) is 11.2. The fraction of sp³-hybridized carbons (Fsp3) is 0.429. The molecule has 0 spiro atoms. The Hall–Kier alpha value is -1.59. The van der Waals surface area contributed by atoms with Gasteiger partial charge in [0.1, 0.15) is 6.04 Å². The third-order valence-electron chi connectivity index (χ3n) is 3.47. The molecule has 1 aromatic rings. The van der Waals surface area contributed by atoms with E-state index in [4.69, 9.17) is 17.3 Å². The third kappa shape index (κ3) is 2.64. The van der Waals surface area contributed by atoms with Gasteiger partial charge in [-0.05, 0) is 30.2 Å². The second-order valence-electron chi connectivity index (χ2n) is 4.93. The molecule has 5 nitrogen and oxygen atoms in total. The van der Waals surface area contributed by atoms with E-state index in [0.717, 1.165) is 12.0 Å². The molecule has 1 aliphatic rings. The molecule has 20 heavy (non-hydrogen) atoms. The number of fused-ring (bicyclic) bond motifs is 1. The summed E-state index contributed by atoms with van der Waals surface area (Å²) in [6.45, 7) is 1.93. The summed E-state index contributed by atoms with van der Waals surface area (Å²) in [5.41, 5.74) is 7.21. The minimum Gasteiger partial charge on any atom is -0.480 e. The lowest BCUT2D eigenvalue weighted by molar-refractivity contribution is -0.140. The van der Waals surface area contributed by atoms with Crippen LogP contribution >= 0.6 is 11.6 Å². The SMILES string of the molecule is CCC[C@H](N)C(=O)N1c2ccc(Cl)cc2C[C@@H]1C(=O)O. The molecule has 2 atom stereocenters. The summed E-state index contributed by atoms with van der Waals surface area (Å²) in [5.74, 6) is -1.38. The quantitative estimate of drug-likeness (QED) is 0.887. The number of hydrogen-bond donors (Lipinski definition) is 2. The number of amides is 1. The van der Waals surface area contributed by atoms with Crippen molar-refractivity contribution >= 4 is 29.2 Å². The minimum absolute atomic E-state index is 0.260. The Balaban J connectivity index is 2.37. The minimum atomic E-state index is -1.03. The number of hydrogen-bond acceptors (Lipinski definition) is 3. The molecule has 0 bridgehead atoms. The molecule has 0 saturated heterocycles. The molecular formula is C14H17ClN2O3. The van der Waals surface area contributed by atoms with Gasteiger partial charge in [0.15, 0.2) is 0 Å². The topological polar surface area (TPSA) is 83.6 Å². The zero-order chi connectivity index (χ0) is 14.9. The van der Waals surface area contributed by atoms with Gasteiger partial charge in [-0.1, -0.05) is 24.9 Å². The maximum Gasteiger partial charge on any atom is 0.327 e. The molecule has 0 aromatic heterocycles. The standard InChI is InChI=1S/C14H17ClN2O3/c1-2-3-10(16)13(18)17-11-5-4-9(15)6-8(11)7-12(17)14(19)20/h4-6,10,12H,2-3,7,16H2,1H3,(H,19,20)/t10-,12+/m0/s1. The highest BCUT2D eigenvalue weighted by atomic mass is 35.5. The summed E-state index contributed by atoms with van der Waals surface area (Å²) in [5, 5.41) is 9.85. The predicted octanol–water partition coefficient (Wildman–Crippen LogP) is 1.81. The molecule has 2 rings (SSSR count). The molecule has 0 aliphatic carbocycles. The third-order valence-corrected chi connectivity index (χ3v) is 3.70. The zero-order valence-corrected chi connectivity index (χ0v) is 11.9. The number of nitrogens with zero attached hydrogens (tertiary/aromatic N) is 1. The van der Waals surface area contributed by atoms with Gasteiger partial charge in [0.25, 0.3) is 0 Å². The van der Waals surface area contributed by atoms with Gasteiger partial charge < -0.3 is 10.8 Å². The summed E-state index contributed by atoms with van der Waals surface area (Å²) in [4.78, 5) is 25.1. The highest BCUT2D eigenvalue weighted by Crippen LogP contribution is 2.34. The molecule has 6 heteroatoms. The van der Waals surface area contributed by atoms with E-state index in [-0.39, 0.29) is 12.3 Å². The fourth-order valence-corrected chi connectivity index (χ4v) is 2.70. The monoisotopic (exact) mass is 296 g/mol. The number of carboxylic acids is 1. The number of aliphatic carboxylic acids is 1. The van der Waals surface area contributed by atoms with Crippen molar-refractivity contribution in [3.63, 3.8) is 0 Å². The Morgan fingerprint density at radius 2 is 2.25 bits per heavy atom. The molecule has 0 saturated carbocycles. The molecule has 1 aromatic carbocycles. The van der Waals surface area contributed by atoms with Crippen molar-refractivity contribution in [2.45, 2.75) is 38.3 Å². The van der Waals surface area contributed by atoms with Gasteiger partial charge in [0.2, 0.25) is 5.91 Å². The van der Waals surface area contributed by atoms with Crippen LogP contribution in [0.15, 0.2) is 18.2 Å². The molecule has 1 aliphatic heterocycles. The van der Waals surface area contributed by atoms with Gasteiger partial charge in [0, 0.05) is 17.1 Å². The maximum atomic E-state index is 12.4. The van der Waals surface area contributed by atoms with Gasteiger partial charge in [-0.15, -0.1) is 0 Å². The first-order valence-electron chi connectivity index (χ1n) is 6.55. The normalized spacial score (nSPS) is 18.8. The van der Waals surface area contributed by atoms with Crippen molar-refractivity contribution in [3.8, 4) is 0 Å². The molecule has 0 radical (unpaired) electrons. The molecule has 0 fully saturated rings. The lowest BCUT2D eigenvalue weighted by Gasteiger charge is -2.25. The number of anilines is 1. The summed E-state index contributed by atoms with van der Waals surface area (Å²) in [6.07, 6.45) is 1.56. The van der Waals surface area contributed by atoms with Crippen molar-refractivity contribution in [2.75, 3.05) is 4.90 Å². The van der Waals surface area contributed by atoms with E-state index in [1.165, 1.54) is 4.90 Å². The summed E-state index contributed by atoms with van der Waals surface area (Å²) < 4.78 is 0. The van der Waals surface area contributed by atoms with E-state index in [0.29, 0.717) is 17.1 Å². The van der Waals surface area contributed by atoms with Crippen LogP contribution in [0.1, 0.15) is 25.3 Å². The van der Waals surface area contributed by atoms with Gasteiger partial charge in [0.05, 0.1) is 6.04 Å². The van der Waals surface area contributed by atoms with Gasteiger partial charge >= 0.3 is 5.97 Å². The highest BCUT2D eigenvalue weighted by Gasteiger charge is 2.39. The summed E-state index contributed by atoms with van der Waals surface area (Å²) >= 11 is 5.91. The Kier molecular flexibility index (Phi) is 4.30. The van der Waals surface area contributed by atoms with Gasteiger partial charge in [-0.25, -0.2) is 4.79 Å². The largest absolute Gasteiger partial charge is 0.480 e. The predicted molar refractivity (Wildman–Crippen MR) is 76.9 cm³/mol. The van der Waals surface area contributed by atoms with E-state index in [1.54, 1.807) is 18.2 Å². The van der Waals surface area contributed by atoms with Crippen LogP contribution in [0.5, 0.6) is 0 Å². The molecule has 1 amide bonds. The fourth-order valence-electron chi connectivity index (χ4n) is 2.50. The van der Waals surface area contributed by atoms with Crippen LogP contribution in [0, 0.1) is 0 Å². The van der Waals surface area contributed by atoms with Crippen LogP contribution in [0.3, 0.4) is 0 Å². The molecule has 1 heterocycles. The van der Waals surface area contributed by atoms with E-state index in [9.17, 15) is 14.7 Å². The Bertz CT molecular complexity index is 547. The van der Waals surface area contributed by atoms with Crippen molar-refractivity contribution in [3.05, 3.63) is 28.8 Å². The number of carbonyl (C=O) groups excluding carboxylic acids is 1. The second-order valence-corrected chi connectivity index (χ2v) is 5.37. The van der Waals surface area contributed by atoms with Crippen LogP contribution in [0.4, 0.5) is 5.69 Å². The van der Waals surface area contributed by atoms with E-state index >= 15 is 0 Å². The van der Waals surface area contributed by atoms with E-state index in [1.807, 2.05) is 6.92 Å². The molecule has 3 N–H and O–H groups in total. The Morgan fingerprint density at radius 1 is 1.55 bits per heavy atom. The maximum absolute atomic E-state index is 12.4. The average molecular weight is 297 g/mol. The number of halogens is 1. The molecule has 108 valence electrons. The average Bonchev–Trinajstić information content (AvgIpc) is 2.76. The van der Waals surface area contributed by atoms with E-state index < -0.39 is 18.1 Å². The lowest BCUT2D eigenvalue weighted by atomic mass is 10.1.